The standard InChI is InChI=1S/C20H22N2O5S/c1-12-15(20(25)27-3)18(28-16(12)19(24)22-10-4-5-11-22)21-17(23)13-6-8-14(26-2)9-7-13/h6-9H,4-5,10-11H2,1-3H3,(H,21,23). The van der Waals surface area contributed by atoms with Crippen LogP contribution in [-0.4, -0.2) is 50.0 Å². The highest BCUT2D eigenvalue weighted by atomic mass is 32.1. The van der Waals surface area contributed by atoms with Gasteiger partial charge in [-0.25, -0.2) is 4.79 Å². The zero-order valence-corrected chi connectivity index (χ0v) is 16.9. The Morgan fingerprint density at radius 2 is 1.71 bits per heavy atom. The molecule has 7 nitrogen and oxygen atoms in total. The molecule has 1 aromatic carbocycles. The van der Waals surface area contributed by atoms with E-state index in [-0.39, 0.29) is 17.4 Å². The van der Waals surface area contributed by atoms with Crippen LogP contribution in [-0.2, 0) is 4.74 Å². The maximum atomic E-state index is 12.8. The first kappa shape index (κ1) is 19.9. The van der Waals surface area contributed by atoms with Gasteiger partial charge in [0.25, 0.3) is 11.8 Å². The first-order valence-electron chi connectivity index (χ1n) is 8.92. The molecule has 0 saturated carbocycles. The molecule has 1 saturated heterocycles. The topological polar surface area (TPSA) is 84.9 Å². The molecule has 3 rings (SSSR count). The van der Waals surface area contributed by atoms with E-state index in [1.165, 1.54) is 7.11 Å². The van der Waals surface area contributed by atoms with E-state index in [9.17, 15) is 14.4 Å². The molecule has 0 radical (unpaired) electrons. The first-order valence-corrected chi connectivity index (χ1v) is 9.74. The molecule has 0 atom stereocenters. The number of benzene rings is 1. The normalized spacial score (nSPS) is 13.3. The van der Waals surface area contributed by atoms with Gasteiger partial charge in [-0.1, -0.05) is 0 Å². The van der Waals surface area contributed by atoms with E-state index in [1.807, 2.05) is 0 Å². The summed E-state index contributed by atoms with van der Waals surface area (Å²) < 4.78 is 9.96. The number of hydrogen-bond donors (Lipinski definition) is 1. The van der Waals surface area contributed by atoms with Crippen molar-refractivity contribution in [1.29, 1.82) is 0 Å². The Balaban J connectivity index is 1.91. The number of hydrogen-bond acceptors (Lipinski definition) is 6. The second-order valence-corrected chi connectivity index (χ2v) is 7.45. The number of amides is 2. The molecule has 1 aromatic heterocycles. The second-order valence-electron chi connectivity index (χ2n) is 6.43. The van der Waals surface area contributed by atoms with Crippen LogP contribution < -0.4 is 10.1 Å². The molecular weight excluding hydrogens is 380 g/mol. The number of nitrogens with one attached hydrogen (secondary N) is 1. The molecule has 2 heterocycles. The van der Waals surface area contributed by atoms with Gasteiger partial charge in [-0.05, 0) is 49.6 Å². The molecular formula is C20H22N2O5S. The summed E-state index contributed by atoms with van der Waals surface area (Å²) in [4.78, 5) is 40.0. The number of methoxy groups -OCH3 is 2. The number of carbonyl (C=O) groups excluding carboxylic acids is 3. The van der Waals surface area contributed by atoms with Crippen molar-refractivity contribution < 1.29 is 23.9 Å². The second kappa shape index (κ2) is 8.43. The lowest BCUT2D eigenvalue weighted by molar-refractivity contribution is 0.0601. The molecule has 1 aliphatic rings. The van der Waals surface area contributed by atoms with E-state index >= 15 is 0 Å². The van der Waals surface area contributed by atoms with Gasteiger partial charge in [-0.2, -0.15) is 0 Å². The number of likely N-dealkylation sites (tertiary alicyclic amines) is 1. The average molecular weight is 402 g/mol. The molecule has 28 heavy (non-hydrogen) atoms. The fraction of sp³-hybridized carbons (Fsp3) is 0.350. The Morgan fingerprint density at radius 3 is 2.29 bits per heavy atom. The lowest BCUT2D eigenvalue weighted by Crippen LogP contribution is -2.27. The van der Waals surface area contributed by atoms with Crippen molar-refractivity contribution >= 4 is 34.1 Å². The van der Waals surface area contributed by atoms with Crippen LogP contribution in [0, 0.1) is 6.92 Å². The first-order chi connectivity index (χ1) is 13.5. The van der Waals surface area contributed by atoms with Gasteiger partial charge >= 0.3 is 5.97 Å². The van der Waals surface area contributed by atoms with Crippen molar-refractivity contribution in [3.8, 4) is 5.75 Å². The van der Waals surface area contributed by atoms with Crippen LogP contribution in [0.1, 0.15) is 48.8 Å². The molecule has 2 amide bonds. The maximum absolute atomic E-state index is 12.8. The molecule has 0 spiro atoms. The predicted molar refractivity (Wildman–Crippen MR) is 106 cm³/mol. The van der Waals surface area contributed by atoms with Crippen LogP contribution >= 0.6 is 11.3 Å². The Hall–Kier alpha value is -2.87. The minimum absolute atomic E-state index is 0.116. The number of nitrogens with zero attached hydrogens (tertiary/aromatic N) is 1. The molecule has 8 heteroatoms. The van der Waals surface area contributed by atoms with Crippen LogP contribution in [0.3, 0.4) is 0 Å². The lowest BCUT2D eigenvalue weighted by atomic mass is 10.1. The summed E-state index contributed by atoms with van der Waals surface area (Å²) in [5.41, 5.74) is 1.16. The average Bonchev–Trinajstić information content (AvgIpc) is 3.35. The summed E-state index contributed by atoms with van der Waals surface area (Å²) in [5, 5.41) is 3.07. The van der Waals surface area contributed by atoms with Crippen molar-refractivity contribution in [3.05, 3.63) is 45.8 Å². The van der Waals surface area contributed by atoms with Gasteiger partial charge in [0.05, 0.1) is 24.7 Å². The smallest absolute Gasteiger partial charge is 0.341 e. The number of thiophene rings is 1. The zero-order valence-electron chi connectivity index (χ0n) is 16.0. The van der Waals surface area contributed by atoms with E-state index in [1.54, 1.807) is 43.2 Å². The van der Waals surface area contributed by atoms with Crippen LogP contribution in [0.4, 0.5) is 5.00 Å². The quantitative estimate of drug-likeness (QED) is 0.776. The van der Waals surface area contributed by atoms with E-state index in [4.69, 9.17) is 9.47 Å². The van der Waals surface area contributed by atoms with Crippen LogP contribution in [0.2, 0.25) is 0 Å². The molecule has 0 unspecified atom stereocenters. The van der Waals surface area contributed by atoms with Gasteiger partial charge in [0.2, 0.25) is 0 Å². The molecule has 148 valence electrons. The fourth-order valence-electron chi connectivity index (χ4n) is 3.13. The number of esters is 1. The van der Waals surface area contributed by atoms with Crippen molar-refractivity contribution in [2.24, 2.45) is 0 Å². The van der Waals surface area contributed by atoms with E-state index in [0.29, 0.717) is 39.8 Å². The maximum Gasteiger partial charge on any atom is 0.341 e. The summed E-state index contributed by atoms with van der Waals surface area (Å²) in [5.74, 6) is -0.444. The van der Waals surface area contributed by atoms with Crippen molar-refractivity contribution in [2.45, 2.75) is 19.8 Å². The largest absolute Gasteiger partial charge is 0.497 e. The van der Waals surface area contributed by atoms with Crippen LogP contribution in [0.15, 0.2) is 24.3 Å². The fourth-order valence-corrected chi connectivity index (χ4v) is 4.29. The number of anilines is 1. The Kier molecular flexibility index (Phi) is 5.99. The number of rotatable bonds is 5. The van der Waals surface area contributed by atoms with Crippen molar-refractivity contribution in [2.75, 3.05) is 32.6 Å². The highest BCUT2D eigenvalue weighted by molar-refractivity contribution is 7.18. The van der Waals surface area contributed by atoms with Crippen molar-refractivity contribution in [3.63, 3.8) is 0 Å². The molecule has 1 fully saturated rings. The van der Waals surface area contributed by atoms with Gasteiger partial charge in [-0.3, -0.25) is 9.59 Å². The Bertz CT molecular complexity index is 898. The van der Waals surface area contributed by atoms with E-state index in [2.05, 4.69) is 5.32 Å². The van der Waals surface area contributed by atoms with Gasteiger partial charge in [0.15, 0.2) is 0 Å². The minimum atomic E-state index is -0.584. The summed E-state index contributed by atoms with van der Waals surface area (Å²) >= 11 is 1.11. The molecule has 1 N–H and O–H groups in total. The molecule has 0 bridgehead atoms. The molecule has 0 aliphatic carbocycles. The lowest BCUT2D eigenvalue weighted by Gasteiger charge is -2.14. The summed E-state index contributed by atoms with van der Waals surface area (Å²) in [7, 11) is 2.82. The van der Waals surface area contributed by atoms with Crippen LogP contribution in [0.25, 0.3) is 0 Å². The van der Waals surface area contributed by atoms with Crippen molar-refractivity contribution in [1.82, 2.24) is 4.90 Å². The summed E-state index contributed by atoms with van der Waals surface area (Å²) in [6.07, 6.45) is 1.95. The molecule has 2 aromatic rings. The van der Waals surface area contributed by atoms with Crippen LogP contribution in [0.5, 0.6) is 5.75 Å². The number of ether oxygens (including phenoxy) is 2. The van der Waals surface area contributed by atoms with Gasteiger partial charge < -0.3 is 19.7 Å². The summed E-state index contributed by atoms with van der Waals surface area (Å²) in [6, 6.07) is 6.61. The van der Waals surface area contributed by atoms with E-state index < -0.39 is 5.97 Å². The zero-order chi connectivity index (χ0) is 20.3. The SMILES string of the molecule is COC(=O)c1c(NC(=O)c2ccc(OC)cc2)sc(C(=O)N2CCCC2)c1C. The molecule has 1 aliphatic heterocycles. The monoisotopic (exact) mass is 402 g/mol. The van der Waals surface area contributed by atoms with Gasteiger partial charge in [0, 0.05) is 18.7 Å². The number of carbonyl (C=O) groups is 3. The highest BCUT2D eigenvalue weighted by Crippen LogP contribution is 2.35. The third kappa shape index (κ3) is 3.87. The Morgan fingerprint density at radius 1 is 1.07 bits per heavy atom. The van der Waals surface area contributed by atoms with Gasteiger partial charge in [-0.15, -0.1) is 11.3 Å². The third-order valence-electron chi connectivity index (χ3n) is 4.70. The predicted octanol–water partition coefficient (Wildman–Crippen LogP) is 3.34. The minimum Gasteiger partial charge on any atom is -0.497 e. The highest BCUT2D eigenvalue weighted by Gasteiger charge is 2.29. The summed E-state index contributed by atoms with van der Waals surface area (Å²) in [6.45, 7) is 3.11. The Labute approximate surface area is 167 Å². The van der Waals surface area contributed by atoms with Gasteiger partial charge in [0.1, 0.15) is 10.8 Å². The van der Waals surface area contributed by atoms with E-state index in [0.717, 1.165) is 24.2 Å². The third-order valence-corrected chi connectivity index (χ3v) is 5.90.